The molecular weight excluding hydrogens is 155 g/mol. The van der Waals surface area contributed by atoms with E-state index in [0.29, 0.717) is 0 Å². The fraction of sp³-hybridized carbons (Fsp3) is 0.778. The fourth-order valence-corrected chi connectivity index (χ4v) is 1.07. The Kier molecular flexibility index (Phi) is 10.2. The topological polar surface area (TPSA) is 9.23 Å². The maximum atomic E-state index is 5.38. The number of ether oxygens (including phenoxy) is 1. The van der Waals surface area contributed by atoms with E-state index in [9.17, 15) is 0 Å². The van der Waals surface area contributed by atoms with Gasteiger partial charge in [0.15, 0.2) is 0 Å². The number of hydrogen-bond acceptors (Lipinski definition) is 1. The second-order valence-electron chi connectivity index (χ2n) is 2.54. The lowest BCUT2D eigenvalue weighted by atomic mass is 10.3. The first kappa shape index (κ1) is 11.1. The van der Waals surface area contributed by atoms with Crippen molar-refractivity contribution in [3.63, 3.8) is 0 Å². The van der Waals surface area contributed by atoms with Crippen LogP contribution in [0.1, 0.15) is 25.7 Å². The van der Waals surface area contributed by atoms with Gasteiger partial charge in [-0.2, -0.15) is 0 Å². The van der Waals surface area contributed by atoms with E-state index in [1.54, 1.807) is 0 Å². The van der Waals surface area contributed by atoms with Gasteiger partial charge in [0.2, 0.25) is 0 Å². The second-order valence-corrected chi connectivity index (χ2v) is 3.12. The molecule has 0 spiro atoms. The molecule has 0 aliphatic rings. The van der Waals surface area contributed by atoms with Crippen LogP contribution in [0.3, 0.4) is 0 Å². The van der Waals surface area contributed by atoms with Gasteiger partial charge in [0.05, 0.1) is 0 Å². The van der Waals surface area contributed by atoms with Crippen LogP contribution in [0.4, 0.5) is 0 Å². The third-order valence-corrected chi connectivity index (χ3v) is 1.85. The van der Waals surface area contributed by atoms with Crippen molar-refractivity contribution >= 4 is 9.24 Å². The molecule has 1 unspecified atom stereocenters. The zero-order valence-corrected chi connectivity index (χ0v) is 8.37. The highest BCUT2D eigenvalue weighted by Gasteiger charge is 1.87. The van der Waals surface area contributed by atoms with Crippen molar-refractivity contribution in [3.05, 3.63) is 12.7 Å². The van der Waals surface area contributed by atoms with Crippen LogP contribution in [0.2, 0.25) is 0 Å². The Labute approximate surface area is 72.4 Å². The van der Waals surface area contributed by atoms with E-state index in [2.05, 4.69) is 15.8 Å². The van der Waals surface area contributed by atoms with E-state index in [0.717, 1.165) is 26.1 Å². The van der Waals surface area contributed by atoms with E-state index in [1.165, 1.54) is 19.0 Å². The fourth-order valence-electron chi connectivity index (χ4n) is 0.780. The summed E-state index contributed by atoms with van der Waals surface area (Å²) in [5, 5.41) is 0. The first-order valence-corrected chi connectivity index (χ1v) is 5.12. The Morgan fingerprint density at radius 3 is 2.55 bits per heavy atom. The summed E-state index contributed by atoms with van der Waals surface area (Å²) in [5.41, 5.74) is 0. The maximum absolute atomic E-state index is 5.38. The van der Waals surface area contributed by atoms with Gasteiger partial charge < -0.3 is 4.74 Å². The predicted molar refractivity (Wildman–Crippen MR) is 54.1 cm³/mol. The van der Waals surface area contributed by atoms with Gasteiger partial charge in [-0.15, -0.1) is 15.8 Å². The molecular formula is C9H19OP. The monoisotopic (exact) mass is 174 g/mol. The SMILES string of the molecule is C=CCCCOCCCCP. The van der Waals surface area contributed by atoms with Crippen LogP contribution in [-0.2, 0) is 4.74 Å². The summed E-state index contributed by atoms with van der Waals surface area (Å²) in [6.07, 6.45) is 7.76. The van der Waals surface area contributed by atoms with E-state index >= 15 is 0 Å². The maximum Gasteiger partial charge on any atom is 0.0468 e. The Bertz CT molecular complexity index is 83.6. The van der Waals surface area contributed by atoms with Crippen molar-refractivity contribution in [2.75, 3.05) is 19.4 Å². The summed E-state index contributed by atoms with van der Waals surface area (Å²) in [6.45, 7) is 5.46. The molecule has 1 atom stereocenters. The molecule has 1 nitrogen and oxygen atoms in total. The average Bonchev–Trinajstić information content (AvgIpc) is 2.03. The van der Waals surface area contributed by atoms with Crippen molar-refractivity contribution in [3.8, 4) is 0 Å². The zero-order chi connectivity index (χ0) is 8.36. The smallest absolute Gasteiger partial charge is 0.0468 e. The quantitative estimate of drug-likeness (QED) is 0.312. The first-order valence-electron chi connectivity index (χ1n) is 4.30. The van der Waals surface area contributed by atoms with Crippen LogP contribution in [0.15, 0.2) is 12.7 Å². The number of hydrogen-bond donors (Lipinski definition) is 0. The molecule has 0 radical (unpaired) electrons. The van der Waals surface area contributed by atoms with Gasteiger partial charge in [-0.3, -0.25) is 0 Å². The predicted octanol–water partition coefficient (Wildman–Crippen LogP) is 2.62. The summed E-state index contributed by atoms with van der Waals surface area (Å²) in [4.78, 5) is 0. The normalized spacial score (nSPS) is 9.91. The number of allylic oxidation sites excluding steroid dienone is 1. The summed E-state index contributed by atoms with van der Waals surface area (Å²) in [7, 11) is 2.73. The Balaban J connectivity index is 2.74. The van der Waals surface area contributed by atoms with Gasteiger partial charge in [-0.05, 0) is 31.8 Å². The van der Waals surface area contributed by atoms with Crippen molar-refractivity contribution in [2.45, 2.75) is 25.7 Å². The zero-order valence-electron chi connectivity index (χ0n) is 7.22. The molecule has 0 rings (SSSR count). The summed E-state index contributed by atoms with van der Waals surface area (Å²) in [6, 6.07) is 0. The van der Waals surface area contributed by atoms with E-state index in [-0.39, 0.29) is 0 Å². The van der Waals surface area contributed by atoms with Crippen molar-refractivity contribution in [1.82, 2.24) is 0 Å². The lowest BCUT2D eigenvalue weighted by Crippen LogP contribution is -1.96. The summed E-state index contributed by atoms with van der Waals surface area (Å²) >= 11 is 0. The Morgan fingerprint density at radius 2 is 1.91 bits per heavy atom. The highest BCUT2D eigenvalue weighted by molar-refractivity contribution is 7.16. The first-order chi connectivity index (χ1) is 5.41. The standard InChI is InChI=1S/C9H19OP/c1-2-3-4-7-10-8-5-6-9-11/h2H,1,3-9,11H2. The van der Waals surface area contributed by atoms with Gasteiger partial charge in [-0.25, -0.2) is 0 Å². The minimum Gasteiger partial charge on any atom is -0.381 e. The van der Waals surface area contributed by atoms with E-state index in [1.807, 2.05) is 6.08 Å². The Morgan fingerprint density at radius 1 is 1.18 bits per heavy atom. The van der Waals surface area contributed by atoms with Gasteiger partial charge in [0.1, 0.15) is 0 Å². The van der Waals surface area contributed by atoms with Crippen molar-refractivity contribution in [1.29, 1.82) is 0 Å². The lowest BCUT2D eigenvalue weighted by Gasteiger charge is -2.01. The van der Waals surface area contributed by atoms with E-state index < -0.39 is 0 Å². The highest BCUT2D eigenvalue weighted by atomic mass is 31.0. The second kappa shape index (κ2) is 10.1. The molecule has 66 valence electrons. The molecule has 0 heterocycles. The Hall–Kier alpha value is 0.130. The minimum absolute atomic E-state index is 0.892. The molecule has 0 N–H and O–H groups in total. The average molecular weight is 174 g/mol. The van der Waals surface area contributed by atoms with E-state index in [4.69, 9.17) is 4.74 Å². The van der Waals surface area contributed by atoms with Gasteiger partial charge in [0, 0.05) is 13.2 Å². The van der Waals surface area contributed by atoms with Crippen molar-refractivity contribution in [2.24, 2.45) is 0 Å². The molecule has 0 aromatic carbocycles. The van der Waals surface area contributed by atoms with Crippen LogP contribution in [-0.4, -0.2) is 19.4 Å². The number of unbranched alkanes of at least 4 members (excludes halogenated alkanes) is 2. The lowest BCUT2D eigenvalue weighted by molar-refractivity contribution is 0.130. The number of rotatable bonds is 8. The molecule has 0 aromatic rings. The molecule has 0 saturated heterocycles. The van der Waals surface area contributed by atoms with Crippen LogP contribution >= 0.6 is 9.24 Å². The molecule has 0 aromatic heterocycles. The van der Waals surface area contributed by atoms with Gasteiger partial charge >= 0.3 is 0 Å². The van der Waals surface area contributed by atoms with Gasteiger partial charge in [0.25, 0.3) is 0 Å². The van der Waals surface area contributed by atoms with Crippen LogP contribution < -0.4 is 0 Å². The third-order valence-electron chi connectivity index (χ3n) is 1.44. The van der Waals surface area contributed by atoms with Crippen molar-refractivity contribution < 1.29 is 4.74 Å². The molecule has 0 aliphatic heterocycles. The minimum atomic E-state index is 0.892. The van der Waals surface area contributed by atoms with Crippen LogP contribution in [0, 0.1) is 0 Å². The van der Waals surface area contributed by atoms with Crippen LogP contribution in [0.5, 0.6) is 0 Å². The summed E-state index contributed by atoms with van der Waals surface area (Å²) < 4.78 is 5.38. The molecule has 0 fully saturated rings. The molecule has 0 amide bonds. The summed E-state index contributed by atoms with van der Waals surface area (Å²) in [5.74, 6) is 0. The van der Waals surface area contributed by atoms with Gasteiger partial charge in [-0.1, -0.05) is 6.08 Å². The van der Waals surface area contributed by atoms with Crippen LogP contribution in [0.25, 0.3) is 0 Å². The molecule has 11 heavy (non-hydrogen) atoms. The third kappa shape index (κ3) is 10.1. The highest BCUT2D eigenvalue weighted by Crippen LogP contribution is 1.96. The molecule has 0 saturated carbocycles. The molecule has 0 aliphatic carbocycles. The molecule has 2 heteroatoms. The molecule has 0 bridgehead atoms. The largest absolute Gasteiger partial charge is 0.381 e.